The van der Waals surface area contributed by atoms with Gasteiger partial charge < -0.3 is 19.5 Å². The van der Waals surface area contributed by atoms with E-state index in [2.05, 4.69) is 23.7 Å². The number of hydrogen-bond acceptors (Lipinski definition) is 4. The van der Waals surface area contributed by atoms with Gasteiger partial charge in [0.2, 0.25) is 0 Å². The molecule has 1 saturated heterocycles. The molecule has 1 aliphatic heterocycles. The highest BCUT2D eigenvalue weighted by atomic mass is 16.5. The minimum Gasteiger partial charge on any atom is -0.497 e. The molecule has 0 spiro atoms. The van der Waals surface area contributed by atoms with Crippen molar-refractivity contribution in [3.8, 4) is 5.75 Å². The molecule has 0 bridgehead atoms. The molecular formula is C22H29N3O3. The predicted molar refractivity (Wildman–Crippen MR) is 111 cm³/mol. The molecule has 28 heavy (non-hydrogen) atoms. The molecule has 1 fully saturated rings. The molecule has 0 unspecified atom stereocenters. The standard InChI is InChI=1S/C22H29N3O3/c1-15(2)19-11-10-18(20(26)23-19)21(27)24-12-13-25(22(3,4)14-24)16-6-8-17(28-5)9-7-16/h6-11,15H,12-14H2,1-5H3,(H,23,26). The van der Waals surface area contributed by atoms with Gasteiger partial charge in [0.15, 0.2) is 0 Å². The number of carbonyl (C=O) groups is 1. The summed E-state index contributed by atoms with van der Waals surface area (Å²) >= 11 is 0. The van der Waals surface area contributed by atoms with Gasteiger partial charge in [0.05, 0.1) is 12.6 Å². The van der Waals surface area contributed by atoms with Crippen molar-refractivity contribution in [3.05, 3.63) is 58.0 Å². The number of piperazine rings is 1. The van der Waals surface area contributed by atoms with E-state index in [1.54, 1.807) is 18.1 Å². The van der Waals surface area contributed by atoms with Crippen molar-refractivity contribution in [1.82, 2.24) is 9.88 Å². The molecule has 0 atom stereocenters. The molecule has 1 aromatic heterocycles. The van der Waals surface area contributed by atoms with Crippen LogP contribution >= 0.6 is 0 Å². The summed E-state index contributed by atoms with van der Waals surface area (Å²) in [4.78, 5) is 32.3. The number of H-pyrrole nitrogens is 1. The first-order valence-electron chi connectivity index (χ1n) is 9.67. The van der Waals surface area contributed by atoms with Crippen molar-refractivity contribution in [3.63, 3.8) is 0 Å². The van der Waals surface area contributed by atoms with Crippen molar-refractivity contribution in [2.24, 2.45) is 0 Å². The van der Waals surface area contributed by atoms with Gasteiger partial charge in [-0.2, -0.15) is 0 Å². The van der Waals surface area contributed by atoms with Crippen LogP contribution in [0, 0.1) is 0 Å². The smallest absolute Gasteiger partial charge is 0.261 e. The molecule has 3 rings (SSSR count). The Labute approximate surface area is 166 Å². The molecule has 1 amide bonds. The first-order chi connectivity index (χ1) is 13.2. The van der Waals surface area contributed by atoms with E-state index in [1.807, 2.05) is 44.2 Å². The van der Waals surface area contributed by atoms with Crippen LogP contribution in [0.25, 0.3) is 0 Å². The largest absolute Gasteiger partial charge is 0.497 e. The van der Waals surface area contributed by atoms with Gasteiger partial charge in [0.1, 0.15) is 11.3 Å². The Kier molecular flexibility index (Phi) is 5.49. The second kappa shape index (κ2) is 7.70. The van der Waals surface area contributed by atoms with Crippen molar-refractivity contribution >= 4 is 11.6 Å². The van der Waals surface area contributed by atoms with Crippen LogP contribution in [0.2, 0.25) is 0 Å². The number of nitrogens with zero attached hydrogens (tertiary/aromatic N) is 2. The molecule has 6 heteroatoms. The Morgan fingerprint density at radius 1 is 1.11 bits per heavy atom. The second-order valence-corrected chi connectivity index (χ2v) is 8.20. The Balaban J connectivity index is 1.78. The zero-order valence-electron chi connectivity index (χ0n) is 17.3. The topological polar surface area (TPSA) is 65.6 Å². The Hall–Kier alpha value is -2.76. The first kappa shape index (κ1) is 20.0. The monoisotopic (exact) mass is 383 g/mol. The van der Waals surface area contributed by atoms with E-state index in [-0.39, 0.29) is 28.5 Å². The van der Waals surface area contributed by atoms with Crippen LogP contribution in [0.1, 0.15) is 49.7 Å². The molecule has 1 aromatic carbocycles. The van der Waals surface area contributed by atoms with Crippen LogP contribution in [-0.2, 0) is 0 Å². The zero-order valence-corrected chi connectivity index (χ0v) is 17.3. The fourth-order valence-electron chi connectivity index (χ4n) is 3.73. The Bertz CT molecular complexity index is 900. The number of methoxy groups -OCH3 is 1. The number of pyridine rings is 1. The molecule has 2 aromatic rings. The average Bonchev–Trinajstić information content (AvgIpc) is 2.66. The SMILES string of the molecule is COc1ccc(N2CCN(C(=O)c3ccc(C(C)C)[nH]c3=O)CC2(C)C)cc1. The highest BCUT2D eigenvalue weighted by molar-refractivity contribution is 5.94. The zero-order chi connectivity index (χ0) is 20.5. The molecule has 150 valence electrons. The van der Waals surface area contributed by atoms with Gasteiger partial charge in [-0.1, -0.05) is 13.8 Å². The van der Waals surface area contributed by atoms with Gasteiger partial charge in [-0.25, -0.2) is 0 Å². The summed E-state index contributed by atoms with van der Waals surface area (Å²) in [6.45, 7) is 10.1. The van der Waals surface area contributed by atoms with E-state index in [9.17, 15) is 9.59 Å². The fraction of sp³-hybridized carbons (Fsp3) is 0.455. The summed E-state index contributed by atoms with van der Waals surface area (Å²) in [5, 5.41) is 0. The van der Waals surface area contributed by atoms with Crippen LogP contribution in [0.15, 0.2) is 41.2 Å². The van der Waals surface area contributed by atoms with Crippen molar-refractivity contribution in [1.29, 1.82) is 0 Å². The summed E-state index contributed by atoms with van der Waals surface area (Å²) in [5.74, 6) is 0.822. The quantitative estimate of drug-likeness (QED) is 0.880. The lowest BCUT2D eigenvalue weighted by Gasteiger charge is -2.48. The number of rotatable bonds is 4. The minimum atomic E-state index is -0.313. The maximum Gasteiger partial charge on any atom is 0.261 e. The average molecular weight is 383 g/mol. The Morgan fingerprint density at radius 2 is 1.79 bits per heavy atom. The number of carbonyl (C=O) groups excluding carboxylic acids is 1. The number of anilines is 1. The minimum absolute atomic E-state index is 0.207. The number of ether oxygens (including phenoxy) is 1. The van der Waals surface area contributed by atoms with E-state index in [0.717, 1.165) is 17.1 Å². The highest BCUT2D eigenvalue weighted by Gasteiger charge is 2.36. The first-order valence-corrected chi connectivity index (χ1v) is 9.67. The molecule has 0 radical (unpaired) electrons. The van der Waals surface area contributed by atoms with E-state index in [1.165, 1.54) is 0 Å². The summed E-state index contributed by atoms with van der Waals surface area (Å²) in [5.41, 5.74) is 1.57. The number of hydrogen-bond donors (Lipinski definition) is 1. The number of aromatic nitrogens is 1. The van der Waals surface area contributed by atoms with Crippen molar-refractivity contribution < 1.29 is 9.53 Å². The van der Waals surface area contributed by atoms with Crippen molar-refractivity contribution in [2.75, 3.05) is 31.6 Å². The van der Waals surface area contributed by atoms with Gasteiger partial charge in [-0.05, 0) is 56.2 Å². The summed E-state index contributed by atoms with van der Waals surface area (Å²) < 4.78 is 5.24. The number of nitrogens with one attached hydrogen (secondary N) is 1. The highest BCUT2D eigenvalue weighted by Crippen LogP contribution is 2.29. The molecule has 1 aliphatic rings. The van der Waals surface area contributed by atoms with Crippen LogP contribution in [-0.4, -0.2) is 48.1 Å². The molecule has 0 aliphatic carbocycles. The lowest BCUT2D eigenvalue weighted by atomic mass is 9.97. The van der Waals surface area contributed by atoms with Crippen LogP contribution in [0.5, 0.6) is 5.75 Å². The van der Waals surface area contributed by atoms with Gasteiger partial charge in [0.25, 0.3) is 11.5 Å². The third-order valence-corrected chi connectivity index (χ3v) is 5.36. The lowest BCUT2D eigenvalue weighted by Crippen LogP contribution is -2.61. The molecular weight excluding hydrogens is 354 g/mol. The fourth-order valence-corrected chi connectivity index (χ4v) is 3.73. The second-order valence-electron chi connectivity index (χ2n) is 8.20. The van der Waals surface area contributed by atoms with Gasteiger partial charge in [-0.3, -0.25) is 9.59 Å². The maximum absolute atomic E-state index is 13.0. The van der Waals surface area contributed by atoms with E-state index in [0.29, 0.717) is 19.6 Å². The van der Waals surface area contributed by atoms with Crippen LogP contribution in [0.4, 0.5) is 5.69 Å². The third kappa shape index (κ3) is 3.91. The normalized spacial score (nSPS) is 16.4. The number of aromatic amines is 1. The molecule has 2 heterocycles. The van der Waals surface area contributed by atoms with Gasteiger partial charge in [0, 0.05) is 31.0 Å². The van der Waals surface area contributed by atoms with Gasteiger partial charge >= 0.3 is 0 Å². The summed E-state index contributed by atoms with van der Waals surface area (Å²) in [6, 6.07) is 11.4. The maximum atomic E-state index is 13.0. The van der Waals surface area contributed by atoms with Crippen LogP contribution in [0.3, 0.4) is 0 Å². The summed E-state index contributed by atoms with van der Waals surface area (Å²) in [7, 11) is 1.65. The summed E-state index contributed by atoms with van der Waals surface area (Å²) in [6.07, 6.45) is 0. The molecule has 0 saturated carbocycles. The van der Waals surface area contributed by atoms with Crippen molar-refractivity contribution in [2.45, 2.75) is 39.2 Å². The van der Waals surface area contributed by atoms with Crippen LogP contribution < -0.4 is 15.2 Å². The van der Waals surface area contributed by atoms with E-state index < -0.39 is 0 Å². The lowest BCUT2D eigenvalue weighted by molar-refractivity contribution is 0.0684. The van der Waals surface area contributed by atoms with E-state index in [4.69, 9.17) is 4.74 Å². The number of amides is 1. The van der Waals surface area contributed by atoms with Gasteiger partial charge in [-0.15, -0.1) is 0 Å². The molecule has 6 nitrogen and oxygen atoms in total. The van der Waals surface area contributed by atoms with E-state index >= 15 is 0 Å². The predicted octanol–water partition coefficient (Wildman–Crippen LogP) is 3.25. The molecule has 1 N–H and O–H groups in total. The number of benzene rings is 1. The Morgan fingerprint density at radius 3 is 2.32 bits per heavy atom. The third-order valence-electron chi connectivity index (χ3n) is 5.36.